The maximum Gasteiger partial charge on any atom is 0.234 e. The third-order valence-corrected chi connectivity index (χ3v) is 5.07. The number of nitrogens with zero attached hydrogens (tertiary/aromatic N) is 2. The fraction of sp³-hybridized carbons (Fsp3) is 0.409. The van der Waals surface area contributed by atoms with E-state index in [2.05, 4.69) is 58.4 Å². The lowest BCUT2D eigenvalue weighted by Crippen LogP contribution is -2.49. The van der Waals surface area contributed by atoms with Gasteiger partial charge in [-0.1, -0.05) is 54.6 Å². The number of aryl methyl sites for hydroxylation is 1. The summed E-state index contributed by atoms with van der Waals surface area (Å²) in [6.45, 7) is 8.34. The second kappa shape index (κ2) is 9.51. The third-order valence-electron chi connectivity index (χ3n) is 5.07. The monoisotopic (exact) mass is 351 g/mol. The van der Waals surface area contributed by atoms with Crippen molar-refractivity contribution in [3.8, 4) is 0 Å². The molecule has 1 N–H and O–H groups in total. The van der Waals surface area contributed by atoms with E-state index in [-0.39, 0.29) is 5.91 Å². The molecular formula is C22H29N3O. The number of amides is 1. The molecule has 4 nitrogen and oxygen atoms in total. The van der Waals surface area contributed by atoms with Gasteiger partial charge in [-0.15, -0.1) is 0 Å². The molecule has 1 fully saturated rings. The lowest BCUT2D eigenvalue weighted by atomic mass is 10.1. The first kappa shape index (κ1) is 18.6. The van der Waals surface area contributed by atoms with Crippen molar-refractivity contribution >= 4 is 5.91 Å². The summed E-state index contributed by atoms with van der Waals surface area (Å²) in [6.07, 6.45) is 0.886. The van der Waals surface area contributed by atoms with Gasteiger partial charge in [0.15, 0.2) is 0 Å². The molecule has 1 aliphatic heterocycles. The zero-order valence-electron chi connectivity index (χ0n) is 15.7. The summed E-state index contributed by atoms with van der Waals surface area (Å²) in [4.78, 5) is 16.9. The van der Waals surface area contributed by atoms with Crippen LogP contribution in [-0.4, -0.2) is 55.0 Å². The van der Waals surface area contributed by atoms with Crippen molar-refractivity contribution in [2.75, 3.05) is 39.3 Å². The van der Waals surface area contributed by atoms with Gasteiger partial charge in [-0.25, -0.2) is 0 Å². The predicted octanol–water partition coefficient (Wildman–Crippen LogP) is 2.47. The first-order valence-corrected chi connectivity index (χ1v) is 9.50. The summed E-state index contributed by atoms with van der Waals surface area (Å²) >= 11 is 0. The molecule has 0 bridgehead atoms. The number of benzene rings is 2. The topological polar surface area (TPSA) is 35.6 Å². The largest absolute Gasteiger partial charge is 0.355 e. The van der Waals surface area contributed by atoms with Crippen molar-refractivity contribution in [1.82, 2.24) is 15.1 Å². The summed E-state index contributed by atoms with van der Waals surface area (Å²) < 4.78 is 0. The zero-order chi connectivity index (χ0) is 18.2. The lowest BCUT2D eigenvalue weighted by Gasteiger charge is -2.34. The van der Waals surface area contributed by atoms with Crippen LogP contribution in [-0.2, 0) is 17.8 Å². The van der Waals surface area contributed by atoms with Gasteiger partial charge in [-0.05, 0) is 30.0 Å². The van der Waals surface area contributed by atoms with Crippen LogP contribution in [0, 0.1) is 6.92 Å². The van der Waals surface area contributed by atoms with Crippen molar-refractivity contribution in [3.05, 3.63) is 71.3 Å². The van der Waals surface area contributed by atoms with Crippen molar-refractivity contribution in [2.24, 2.45) is 0 Å². The Labute approximate surface area is 156 Å². The molecule has 0 unspecified atom stereocenters. The van der Waals surface area contributed by atoms with Gasteiger partial charge in [0, 0.05) is 39.3 Å². The summed E-state index contributed by atoms with van der Waals surface area (Å²) in [5.74, 6) is 0.133. The number of piperazine rings is 1. The van der Waals surface area contributed by atoms with Crippen molar-refractivity contribution in [2.45, 2.75) is 19.9 Å². The van der Waals surface area contributed by atoms with Gasteiger partial charge in [0.05, 0.1) is 6.54 Å². The van der Waals surface area contributed by atoms with E-state index in [1.807, 2.05) is 18.2 Å². The van der Waals surface area contributed by atoms with Crippen LogP contribution >= 0.6 is 0 Å². The Bertz CT molecular complexity index is 694. The maximum absolute atomic E-state index is 12.2. The standard InChI is InChI=1S/C22H29N3O/c1-19-7-5-6-10-21(19)17-24-13-15-25(16-14-24)18-22(26)23-12-11-20-8-3-2-4-9-20/h2-10H,11-18H2,1H3,(H,23,26). The quantitative estimate of drug-likeness (QED) is 0.832. The normalized spacial score (nSPS) is 15.7. The first-order valence-electron chi connectivity index (χ1n) is 9.50. The molecule has 0 saturated carbocycles. The van der Waals surface area contributed by atoms with Crippen LogP contribution in [0.3, 0.4) is 0 Å². The molecule has 2 aromatic carbocycles. The maximum atomic E-state index is 12.2. The highest BCUT2D eigenvalue weighted by Gasteiger charge is 2.19. The van der Waals surface area contributed by atoms with Gasteiger partial charge in [0.2, 0.25) is 5.91 Å². The SMILES string of the molecule is Cc1ccccc1CN1CCN(CC(=O)NCCc2ccccc2)CC1. The number of rotatable bonds is 7. The second-order valence-corrected chi connectivity index (χ2v) is 7.06. The third kappa shape index (κ3) is 5.68. The number of hydrogen-bond donors (Lipinski definition) is 1. The van der Waals surface area contributed by atoms with Crippen LogP contribution < -0.4 is 5.32 Å². The van der Waals surface area contributed by atoms with E-state index in [4.69, 9.17) is 0 Å². The number of nitrogens with one attached hydrogen (secondary N) is 1. The molecule has 3 rings (SSSR count). The molecule has 26 heavy (non-hydrogen) atoms. The highest BCUT2D eigenvalue weighted by molar-refractivity contribution is 5.78. The molecular weight excluding hydrogens is 322 g/mol. The number of carbonyl (C=O) groups excluding carboxylic acids is 1. The Morgan fingerprint density at radius 1 is 0.923 bits per heavy atom. The number of hydrogen-bond acceptors (Lipinski definition) is 3. The molecule has 1 aliphatic rings. The van der Waals surface area contributed by atoms with Gasteiger partial charge in [0.25, 0.3) is 0 Å². The Morgan fingerprint density at radius 3 is 2.31 bits per heavy atom. The van der Waals surface area contributed by atoms with E-state index in [0.717, 1.165) is 39.1 Å². The second-order valence-electron chi connectivity index (χ2n) is 7.06. The fourth-order valence-corrected chi connectivity index (χ4v) is 3.38. The highest BCUT2D eigenvalue weighted by atomic mass is 16.2. The highest BCUT2D eigenvalue weighted by Crippen LogP contribution is 2.12. The minimum absolute atomic E-state index is 0.133. The first-order chi connectivity index (χ1) is 12.7. The number of carbonyl (C=O) groups is 1. The van der Waals surface area contributed by atoms with Gasteiger partial charge >= 0.3 is 0 Å². The predicted molar refractivity (Wildman–Crippen MR) is 106 cm³/mol. The molecule has 138 valence electrons. The lowest BCUT2D eigenvalue weighted by molar-refractivity contribution is -0.122. The molecule has 4 heteroatoms. The molecule has 2 aromatic rings. The van der Waals surface area contributed by atoms with Crippen molar-refractivity contribution in [3.63, 3.8) is 0 Å². The molecule has 1 saturated heterocycles. The molecule has 0 spiro atoms. The van der Waals surface area contributed by atoms with Gasteiger partial charge < -0.3 is 5.32 Å². The minimum Gasteiger partial charge on any atom is -0.355 e. The van der Waals surface area contributed by atoms with Crippen LogP contribution in [0.25, 0.3) is 0 Å². The van der Waals surface area contributed by atoms with E-state index in [9.17, 15) is 4.79 Å². The molecule has 0 atom stereocenters. The Morgan fingerprint density at radius 2 is 1.58 bits per heavy atom. The summed E-state index contributed by atoms with van der Waals surface area (Å²) in [6, 6.07) is 18.9. The summed E-state index contributed by atoms with van der Waals surface area (Å²) in [5.41, 5.74) is 4.02. The van der Waals surface area contributed by atoms with Crippen molar-refractivity contribution in [1.29, 1.82) is 0 Å². The van der Waals surface area contributed by atoms with Gasteiger partial charge in [-0.2, -0.15) is 0 Å². The average molecular weight is 351 g/mol. The smallest absolute Gasteiger partial charge is 0.234 e. The van der Waals surface area contributed by atoms with E-state index >= 15 is 0 Å². The van der Waals surface area contributed by atoms with Crippen molar-refractivity contribution < 1.29 is 4.79 Å². The van der Waals surface area contributed by atoms with Crippen LogP contribution in [0.1, 0.15) is 16.7 Å². The molecule has 1 amide bonds. The Balaban J connectivity index is 1.34. The molecule has 0 aliphatic carbocycles. The Kier molecular flexibility index (Phi) is 6.81. The van der Waals surface area contributed by atoms with Crippen LogP contribution in [0.2, 0.25) is 0 Å². The van der Waals surface area contributed by atoms with E-state index in [0.29, 0.717) is 13.1 Å². The summed E-state index contributed by atoms with van der Waals surface area (Å²) in [5, 5.41) is 3.04. The average Bonchev–Trinajstić information content (AvgIpc) is 2.66. The summed E-state index contributed by atoms with van der Waals surface area (Å²) in [7, 11) is 0. The fourth-order valence-electron chi connectivity index (χ4n) is 3.38. The van der Waals surface area contributed by atoms with Crippen LogP contribution in [0.5, 0.6) is 0 Å². The minimum atomic E-state index is 0.133. The van der Waals surface area contributed by atoms with E-state index in [1.165, 1.54) is 16.7 Å². The van der Waals surface area contributed by atoms with Crippen LogP contribution in [0.4, 0.5) is 0 Å². The van der Waals surface area contributed by atoms with E-state index in [1.54, 1.807) is 0 Å². The Hall–Kier alpha value is -2.17. The van der Waals surface area contributed by atoms with Gasteiger partial charge in [0.1, 0.15) is 0 Å². The molecule has 0 aromatic heterocycles. The molecule has 0 radical (unpaired) electrons. The molecule has 1 heterocycles. The van der Waals surface area contributed by atoms with E-state index < -0.39 is 0 Å². The van der Waals surface area contributed by atoms with Gasteiger partial charge in [-0.3, -0.25) is 14.6 Å². The zero-order valence-corrected chi connectivity index (χ0v) is 15.7. The van der Waals surface area contributed by atoms with Crippen LogP contribution in [0.15, 0.2) is 54.6 Å².